The first-order valence-electron chi connectivity index (χ1n) is 6.70. The zero-order valence-electron chi connectivity index (χ0n) is 11.9. The van der Waals surface area contributed by atoms with E-state index in [1.54, 1.807) is 12.3 Å². The fourth-order valence-corrected chi connectivity index (χ4v) is 2.06. The first-order chi connectivity index (χ1) is 9.56. The minimum atomic E-state index is 0.0164. The van der Waals surface area contributed by atoms with Gasteiger partial charge in [0.2, 0.25) is 5.91 Å². The smallest absolute Gasteiger partial charge is 0.224 e. The highest BCUT2D eigenvalue weighted by atomic mass is 16.1. The third-order valence-electron chi connectivity index (χ3n) is 3.23. The number of nitrogens with one attached hydrogen (secondary N) is 1. The van der Waals surface area contributed by atoms with Crippen molar-refractivity contribution in [3.05, 3.63) is 41.7 Å². The zero-order valence-corrected chi connectivity index (χ0v) is 11.9. The summed E-state index contributed by atoms with van der Waals surface area (Å²) in [6.45, 7) is 4.69. The van der Waals surface area contributed by atoms with Gasteiger partial charge in [-0.05, 0) is 50.1 Å². The maximum atomic E-state index is 11.9. The second-order valence-corrected chi connectivity index (χ2v) is 4.92. The lowest BCUT2D eigenvalue weighted by Gasteiger charge is -2.09. The average Bonchev–Trinajstić information content (AvgIpc) is 2.79. The normalized spacial score (nSPS) is 10.5. The predicted molar refractivity (Wildman–Crippen MR) is 80.4 cm³/mol. The van der Waals surface area contributed by atoms with Crippen molar-refractivity contribution in [2.75, 3.05) is 11.1 Å². The Morgan fingerprint density at radius 2 is 2.15 bits per heavy atom. The predicted octanol–water partition coefficient (Wildman–Crippen LogP) is 2.50. The van der Waals surface area contributed by atoms with Crippen molar-refractivity contribution >= 4 is 17.3 Å². The molecule has 20 heavy (non-hydrogen) atoms. The van der Waals surface area contributed by atoms with Gasteiger partial charge >= 0.3 is 0 Å². The van der Waals surface area contributed by atoms with Crippen molar-refractivity contribution in [1.82, 2.24) is 9.78 Å². The molecule has 5 nitrogen and oxygen atoms in total. The largest absolute Gasteiger partial charge is 0.399 e. The number of amides is 1. The highest BCUT2D eigenvalue weighted by Crippen LogP contribution is 2.17. The molecular weight excluding hydrogens is 252 g/mol. The number of nitrogens with two attached hydrogens (primary N) is 1. The lowest BCUT2D eigenvalue weighted by atomic mass is 10.1. The van der Waals surface area contributed by atoms with Gasteiger partial charge in [-0.2, -0.15) is 5.10 Å². The van der Waals surface area contributed by atoms with Crippen molar-refractivity contribution in [3.8, 4) is 0 Å². The number of anilines is 2. The van der Waals surface area contributed by atoms with E-state index < -0.39 is 0 Å². The molecular formula is C15H20N4O. The van der Waals surface area contributed by atoms with Crippen LogP contribution in [0.4, 0.5) is 11.4 Å². The van der Waals surface area contributed by atoms with Gasteiger partial charge in [-0.3, -0.25) is 9.48 Å². The molecule has 0 atom stereocenters. The van der Waals surface area contributed by atoms with Gasteiger partial charge in [-0.15, -0.1) is 0 Å². The molecule has 0 fully saturated rings. The monoisotopic (exact) mass is 272 g/mol. The Labute approximate surface area is 118 Å². The standard InChI is InChI=1S/C15H20N4O/c1-11-10-13(16)5-6-14(11)18-15(20)4-3-9-19-12(2)7-8-17-19/h5-8,10H,3-4,9,16H2,1-2H3,(H,18,20). The Bertz CT molecular complexity index is 604. The number of rotatable bonds is 5. The van der Waals surface area contributed by atoms with Gasteiger partial charge in [0.15, 0.2) is 0 Å². The van der Waals surface area contributed by atoms with Crippen LogP contribution in [-0.4, -0.2) is 15.7 Å². The molecule has 0 spiro atoms. The van der Waals surface area contributed by atoms with Crippen molar-refractivity contribution in [2.45, 2.75) is 33.2 Å². The number of hydrogen-bond donors (Lipinski definition) is 2. The van der Waals surface area contributed by atoms with Gasteiger partial charge in [0.25, 0.3) is 0 Å². The third-order valence-corrected chi connectivity index (χ3v) is 3.23. The summed E-state index contributed by atoms with van der Waals surface area (Å²) in [5.41, 5.74) is 9.29. The Morgan fingerprint density at radius 3 is 2.80 bits per heavy atom. The highest BCUT2D eigenvalue weighted by Gasteiger charge is 2.05. The zero-order chi connectivity index (χ0) is 14.5. The van der Waals surface area contributed by atoms with Crippen LogP contribution in [0.2, 0.25) is 0 Å². The molecule has 1 aromatic carbocycles. The van der Waals surface area contributed by atoms with E-state index in [0.29, 0.717) is 12.1 Å². The summed E-state index contributed by atoms with van der Waals surface area (Å²) in [6, 6.07) is 7.43. The van der Waals surface area contributed by atoms with Crippen LogP contribution in [0.15, 0.2) is 30.5 Å². The lowest BCUT2D eigenvalue weighted by Crippen LogP contribution is -2.14. The van der Waals surface area contributed by atoms with Crippen LogP contribution in [0.25, 0.3) is 0 Å². The molecule has 0 radical (unpaired) electrons. The topological polar surface area (TPSA) is 72.9 Å². The highest BCUT2D eigenvalue weighted by molar-refractivity contribution is 5.91. The molecule has 106 valence electrons. The number of nitrogen functional groups attached to an aromatic ring is 1. The maximum absolute atomic E-state index is 11.9. The molecule has 1 aromatic heterocycles. The van der Waals surface area contributed by atoms with Crippen molar-refractivity contribution in [1.29, 1.82) is 0 Å². The molecule has 0 aliphatic carbocycles. The fourth-order valence-electron chi connectivity index (χ4n) is 2.06. The van der Waals surface area contributed by atoms with E-state index in [-0.39, 0.29) is 5.91 Å². The summed E-state index contributed by atoms with van der Waals surface area (Å²) in [4.78, 5) is 11.9. The summed E-state index contributed by atoms with van der Waals surface area (Å²) < 4.78 is 1.90. The Balaban J connectivity index is 1.82. The van der Waals surface area contributed by atoms with E-state index in [2.05, 4.69) is 10.4 Å². The molecule has 0 saturated carbocycles. The number of carbonyl (C=O) groups excluding carboxylic acids is 1. The van der Waals surface area contributed by atoms with Gasteiger partial charge in [-0.25, -0.2) is 0 Å². The van der Waals surface area contributed by atoms with Crippen LogP contribution < -0.4 is 11.1 Å². The van der Waals surface area contributed by atoms with Gasteiger partial charge in [0, 0.05) is 36.2 Å². The first-order valence-corrected chi connectivity index (χ1v) is 6.70. The molecule has 0 aliphatic heterocycles. The second kappa shape index (κ2) is 6.23. The molecule has 0 unspecified atom stereocenters. The van der Waals surface area contributed by atoms with Crippen molar-refractivity contribution in [2.24, 2.45) is 0 Å². The minimum Gasteiger partial charge on any atom is -0.399 e. The molecule has 2 aromatic rings. The summed E-state index contributed by atoms with van der Waals surface area (Å²) >= 11 is 0. The van der Waals surface area contributed by atoms with Crippen LogP contribution in [0.1, 0.15) is 24.1 Å². The van der Waals surface area contributed by atoms with E-state index >= 15 is 0 Å². The van der Waals surface area contributed by atoms with E-state index in [4.69, 9.17) is 5.73 Å². The molecule has 5 heteroatoms. The number of hydrogen-bond acceptors (Lipinski definition) is 3. The lowest BCUT2D eigenvalue weighted by molar-refractivity contribution is -0.116. The maximum Gasteiger partial charge on any atom is 0.224 e. The van der Waals surface area contributed by atoms with Crippen LogP contribution in [0.3, 0.4) is 0 Å². The molecule has 2 rings (SSSR count). The van der Waals surface area contributed by atoms with Gasteiger partial charge in [0.05, 0.1) is 0 Å². The number of nitrogens with zero attached hydrogens (tertiary/aromatic N) is 2. The SMILES string of the molecule is Cc1cc(N)ccc1NC(=O)CCCn1nccc1C. The number of aryl methyl sites for hydroxylation is 3. The van der Waals surface area contributed by atoms with Crippen LogP contribution in [0.5, 0.6) is 0 Å². The van der Waals surface area contributed by atoms with E-state index in [9.17, 15) is 4.79 Å². The van der Waals surface area contributed by atoms with E-state index in [1.165, 1.54) is 0 Å². The first kappa shape index (κ1) is 14.1. The van der Waals surface area contributed by atoms with Gasteiger partial charge < -0.3 is 11.1 Å². The molecule has 1 amide bonds. The Hall–Kier alpha value is -2.30. The van der Waals surface area contributed by atoms with Gasteiger partial charge in [-0.1, -0.05) is 0 Å². The summed E-state index contributed by atoms with van der Waals surface area (Å²) in [6.07, 6.45) is 3.01. The van der Waals surface area contributed by atoms with E-state index in [0.717, 1.165) is 29.9 Å². The number of aromatic nitrogens is 2. The van der Waals surface area contributed by atoms with Gasteiger partial charge in [0.1, 0.15) is 0 Å². The number of benzene rings is 1. The van der Waals surface area contributed by atoms with Crippen LogP contribution >= 0.6 is 0 Å². The second-order valence-electron chi connectivity index (χ2n) is 4.92. The van der Waals surface area contributed by atoms with Crippen molar-refractivity contribution in [3.63, 3.8) is 0 Å². The molecule has 1 heterocycles. The average molecular weight is 272 g/mol. The fraction of sp³-hybridized carbons (Fsp3) is 0.333. The third kappa shape index (κ3) is 3.60. The van der Waals surface area contributed by atoms with Crippen molar-refractivity contribution < 1.29 is 4.79 Å². The molecule has 0 bridgehead atoms. The van der Waals surface area contributed by atoms with Crippen LogP contribution in [-0.2, 0) is 11.3 Å². The summed E-state index contributed by atoms with van der Waals surface area (Å²) in [5.74, 6) is 0.0164. The Morgan fingerprint density at radius 1 is 1.35 bits per heavy atom. The quantitative estimate of drug-likeness (QED) is 0.821. The summed E-state index contributed by atoms with van der Waals surface area (Å²) in [5, 5.41) is 7.10. The summed E-state index contributed by atoms with van der Waals surface area (Å²) in [7, 11) is 0. The Kier molecular flexibility index (Phi) is 4.40. The minimum absolute atomic E-state index is 0.0164. The molecule has 0 saturated heterocycles. The molecule has 3 N–H and O–H groups in total. The van der Waals surface area contributed by atoms with Crippen LogP contribution in [0, 0.1) is 13.8 Å². The van der Waals surface area contributed by atoms with E-state index in [1.807, 2.05) is 36.7 Å². The number of carbonyl (C=O) groups is 1. The molecule has 0 aliphatic rings.